The van der Waals surface area contributed by atoms with E-state index in [0.29, 0.717) is 10.3 Å². The van der Waals surface area contributed by atoms with E-state index in [-0.39, 0.29) is 16.5 Å². The number of nitrogens with one attached hydrogen (secondary N) is 2. The number of aromatic hydroxyl groups is 1. The maximum atomic E-state index is 12.0. The van der Waals surface area contributed by atoms with Gasteiger partial charge in [-0.1, -0.05) is 15.9 Å². The predicted molar refractivity (Wildman–Crippen MR) is 69.9 cm³/mol. The molecule has 0 aliphatic heterocycles. The Morgan fingerprint density at radius 3 is 2.78 bits per heavy atom. The highest BCUT2D eigenvalue weighted by molar-refractivity contribution is 9.10. The van der Waals surface area contributed by atoms with Crippen molar-refractivity contribution in [1.82, 2.24) is 9.97 Å². The topological polar surface area (TPSA) is 95.1 Å². The van der Waals surface area contributed by atoms with Crippen LogP contribution in [0.1, 0.15) is 5.82 Å². The number of phenols is 1. The molecule has 18 heavy (non-hydrogen) atoms. The Balaban J connectivity index is 2.36. The summed E-state index contributed by atoms with van der Waals surface area (Å²) in [5.74, 6) is 0.340. The van der Waals surface area contributed by atoms with Gasteiger partial charge >= 0.3 is 0 Å². The first-order valence-corrected chi connectivity index (χ1v) is 7.19. The number of phenolic OH excluding ortho intramolecular Hbond substituents is 1. The van der Waals surface area contributed by atoms with Gasteiger partial charge in [-0.2, -0.15) is 8.42 Å². The molecule has 0 saturated heterocycles. The molecule has 8 heteroatoms. The number of sulfonamides is 1. The molecule has 1 heterocycles. The van der Waals surface area contributed by atoms with Crippen molar-refractivity contribution < 1.29 is 13.5 Å². The molecule has 1 aromatic heterocycles. The first-order chi connectivity index (χ1) is 8.38. The monoisotopic (exact) mass is 331 g/mol. The third kappa shape index (κ3) is 2.65. The fraction of sp³-hybridized carbons (Fsp3) is 0.100. The summed E-state index contributed by atoms with van der Waals surface area (Å²) in [5.41, 5.74) is 0.0941. The number of nitrogens with zero attached hydrogens (tertiary/aromatic N) is 1. The van der Waals surface area contributed by atoms with Crippen LogP contribution in [0.5, 0.6) is 5.75 Å². The zero-order chi connectivity index (χ0) is 13.3. The number of aromatic nitrogens is 2. The van der Waals surface area contributed by atoms with Crippen molar-refractivity contribution in [3.8, 4) is 5.75 Å². The second-order valence-electron chi connectivity index (χ2n) is 3.60. The van der Waals surface area contributed by atoms with Crippen LogP contribution in [0.4, 0.5) is 5.69 Å². The Labute approximate surface area is 112 Å². The van der Waals surface area contributed by atoms with Crippen molar-refractivity contribution in [2.24, 2.45) is 0 Å². The molecule has 0 bridgehead atoms. The minimum Gasteiger partial charge on any atom is -0.506 e. The highest BCUT2D eigenvalue weighted by Gasteiger charge is 2.18. The van der Waals surface area contributed by atoms with E-state index in [2.05, 4.69) is 30.6 Å². The first kappa shape index (κ1) is 12.9. The number of aromatic amines is 1. The summed E-state index contributed by atoms with van der Waals surface area (Å²) in [6.45, 7) is 1.65. The molecule has 1 aromatic carbocycles. The van der Waals surface area contributed by atoms with Crippen LogP contribution >= 0.6 is 15.9 Å². The summed E-state index contributed by atoms with van der Waals surface area (Å²) < 4.78 is 26.9. The molecule has 6 nitrogen and oxygen atoms in total. The highest BCUT2D eigenvalue weighted by atomic mass is 79.9. The first-order valence-electron chi connectivity index (χ1n) is 4.91. The average Bonchev–Trinajstić information content (AvgIpc) is 2.71. The summed E-state index contributed by atoms with van der Waals surface area (Å²) in [5, 5.41) is 9.52. The van der Waals surface area contributed by atoms with E-state index in [9.17, 15) is 13.5 Å². The zero-order valence-corrected chi connectivity index (χ0v) is 11.7. The van der Waals surface area contributed by atoms with Crippen molar-refractivity contribution in [2.75, 3.05) is 4.72 Å². The number of halogens is 1. The van der Waals surface area contributed by atoms with Gasteiger partial charge < -0.3 is 10.1 Å². The number of H-pyrrole nitrogens is 1. The normalized spacial score (nSPS) is 11.4. The molecule has 0 amide bonds. The van der Waals surface area contributed by atoms with Gasteiger partial charge in [0.15, 0.2) is 5.03 Å². The minimum absolute atomic E-state index is 0.0561. The summed E-state index contributed by atoms with van der Waals surface area (Å²) >= 11 is 3.20. The van der Waals surface area contributed by atoms with Crippen LogP contribution < -0.4 is 4.72 Å². The van der Waals surface area contributed by atoms with Crippen LogP contribution in [-0.2, 0) is 10.0 Å². The van der Waals surface area contributed by atoms with Gasteiger partial charge in [-0.25, -0.2) is 4.98 Å². The van der Waals surface area contributed by atoms with Crippen molar-refractivity contribution >= 4 is 31.6 Å². The SMILES string of the molecule is Cc1ncc(S(=O)(=O)Nc2cc(Br)ccc2O)[nH]1. The smallest absolute Gasteiger partial charge is 0.279 e. The zero-order valence-electron chi connectivity index (χ0n) is 9.31. The summed E-state index contributed by atoms with van der Waals surface area (Å²) in [6.07, 6.45) is 1.21. The van der Waals surface area contributed by atoms with Crippen LogP contribution in [0.2, 0.25) is 0 Å². The molecule has 2 rings (SSSR count). The van der Waals surface area contributed by atoms with E-state index in [1.54, 1.807) is 13.0 Å². The number of hydrogen-bond acceptors (Lipinski definition) is 4. The summed E-state index contributed by atoms with van der Waals surface area (Å²) in [4.78, 5) is 6.43. The Morgan fingerprint density at radius 1 is 1.44 bits per heavy atom. The fourth-order valence-electron chi connectivity index (χ4n) is 1.32. The standard InChI is InChI=1S/C10H10BrN3O3S/c1-6-12-5-10(13-6)18(16,17)14-8-4-7(11)2-3-9(8)15/h2-5,14-15H,1H3,(H,12,13). The number of benzene rings is 1. The van der Waals surface area contributed by atoms with Gasteiger partial charge in [0.05, 0.1) is 11.9 Å². The lowest BCUT2D eigenvalue weighted by Gasteiger charge is -2.08. The molecule has 0 atom stereocenters. The second kappa shape index (κ2) is 4.62. The van der Waals surface area contributed by atoms with E-state index in [0.717, 1.165) is 0 Å². The van der Waals surface area contributed by atoms with Gasteiger partial charge in [-0.05, 0) is 25.1 Å². The van der Waals surface area contributed by atoms with E-state index < -0.39 is 10.0 Å². The van der Waals surface area contributed by atoms with E-state index in [1.165, 1.54) is 18.3 Å². The Hall–Kier alpha value is -1.54. The maximum Gasteiger partial charge on any atom is 0.279 e. The molecule has 0 radical (unpaired) electrons. The molecule has 0 spiro atoms. The largest absolute Gasteiger partial charge is 0.506 e. The van der Waals surface area contributed by atoms with Gasteiger partial charge in [0, 0.05) is 4.47 Å². The molecule has 0 saturated carbocycles. The van der Waals surface area contributed by atoms with Crippen LogP contribution in [0, 0.1) is 6.92 Å². The average molecular weight is 332 g/mol. The predicted octanol–water partition coefficient (Wildman–Crippen LogP) is 1.99. The van der Waals surface area contributed by atoms with Gasteiger partial charge in [0.25, 0.3) is 10.0 Å². The third-order valence-electron chi connectivity index (χ3n) is 2.17. The molecule has 0 aliphatic rings. The molecule has 2 aromatic rings. The number of rotatable bonds is 3. The third-order valence-corrected chi connectivity index (χ3v) is 3.94. The van der Waals surface area contributed by atoms with E-state index in [1.807, 2.05) is 0 Å². The van der Waals surface area contributed by atoms with Crippen LogP contribution in [0.3, 0.4) is 0 Å². The van der Waals surface area contributed by atoms with E-state index >= 15 is 0 Å². The van der Waals surface area contributed by atoms with Gasteiger partial charge in [0.1, 0.15) is 11.6 Å². The summed E-state index contributed by atoms with van der Waals surface area (Å²) in [7, 11) is -3.78. The highest BCUT2D eigenvalue weighted by Crippen LogP contribution is 2.28. The molecular formula is C10H10BrN3O3S. The number of aryl methyl sites for hydroxylation is 1. The lowest BCUT2D eigenvalue weighted by Crippen LogP contribution is -2.13. The van der Waals surface area contributed by atoms with Gasteiger partial charge in [-0.3, -0.25) is 4.72 Å². The van der Waals surface area contributed by atoms with Crippen molar-refractivity contribution in [3.63, 3.8) is 0 Å². The lowest BCUT2D eigenvalue weighted by atomic mass is 10.3. The second-order valence-corrected chi connectivity index (χ2v) is 6.17. The molecule has 96 valence electrons. The maximum absolute atomic E-state index is 12.0. The van der Waals surface area contributed by atoms with Gasteiger partial charge in [0.2, 0.25) is 0 Å². The molecule has 0 unspecified atom stereocenters. The summed E-state index contributed by atoms with van der Waals surface area (Å²) in [6, 6.07) is 4.46. The lowest BCUT2D eigenvalue weighted by molar-refractivity contribution is 0.477. The van der Waals surface area contributed by atoms with Gasteiger partial charge in [-0.15, -0.1) is 0 Å². The quantitative estimate of drug-likeness (QED) is 0.749. The van der Waals surface area contributed by atoms with Crippen LogP contribution in [0.25, 0.3) is 0 Å². The molecule has 0 fully saturated rings. The van der Waals surface area contributed by atoms with Crippen molar-refractivity contribution in [2.45, 2.75) is 11.9 Å². The Kier molecular flexibility index (Phi) is 3.31. The van der Waals surface area contributed by atoms with Crippen molar-refractivity contribution in [3.05, 3.63) is 34.7 Å². The number of hydrogen-bond donors (Lipinski definition) is 3. The molecule has 0 aliphatic carbocycles. The Bertz CT molecular complexity index is 681. The van der Waals surface area contributed by atoms with Crippen molar-refractivity contribution in [1.29, 1.82) is 0 Å². The molecule has 3 N–H and O–H groups in total. The van der Waals surface area contributed by atoms with E-state index in [4.69, 9.17) is 0 Å². The Morgan fingerprint density at radius 2 is 2.17 bits per heavy atom. The molecular weight excluding hydrogens is 322 g/mol. The number of anilines is 1. The fourth-order valence-corrected chi connectivity index (χ4v) is 2.72. The van der Waals surface area contributed by atoms with Crippen LogP contribution in [-0.4, -0.2) is 23.5 Å². The number of imidazole rings is 1. The minimum atomic E-state index is -3.78. The van der Waals surface area contributed by atoms with Crippen LogP contribution in [0.15, 0.2) is 33.9 Å².